The van der Waals surface area contributed by atoms with Crippen molar-refractivity contribution in [3.05, 3.63) is 64.2 Å². The summed E-state index contributed by atoms with van der Waals surface area (Å²) in [5.74, 6) is -0.985. The molecule has 0 spiro atoms. The Kier molecular flexibility index (Phi) is 5.64. The molecule has 10 heteroatoms. The second-order valence-corrected chi connectivity index (χ2v) is 9.46. The average Bonchev–Trinajstić information content (AvgIpc) is 2.90. The van der Waals surface area contributed by atoms with Gasteiger partial charge in [0.15, 0.2) is 0 Å². The molecule has 2 aliphatic rings. The van der Waals surface area contributed by atoms with E-state index in [0.717, 1.165) is 21.9 Å². The molecule has 1 N–H and O–H groups in total. The number of nitro groups is 1. The number of thioether (sulfide) groups is 1. The van der Waals surface area contributed by atoms with E-state index in [9.17, 15) is 24.5 Å². The predicted octanol–water partition coefficient (Wildman–Crippen LogP) is 3.28. The van der Waals surface area contributed by atoms with Crippen LogP contribution in [0.4, 0.5) is 16.2 Å². The van der Waals surface area contributed by atoms with Gasteiger partial charge in [0.1, 0.15) is 12.1 Å². The fourth-order valence-corrected chi connectivity index (χ4v) is 5.05. The first-order valence-corrected chi connectivity index (χ1v) is 11.0. The third-order valence-corrected chi connectivity index (χ3v) is 6.98. The Balaban J connectivity index is 1.58. The van der Waals surface area contributed by atoms with Gasteiger partial charge in [0.05, 0.1) is 10.6 Å². The van der Waals surface area contributed by atoms with Crippen LogP contribution in [0.25, 0.3) is 0 Å². The monoisotopic (exact) mass is 454 g/mol. The molecule has 9 nitrogen and oxygen atoms in total. The average molecular weight is 455 g/mol. The quantitative estimate of drug-likeness (QED) is 0.431. The molecule has 4 amide bonds. The first-order valence-electron chi connectivity index (χ1n) is 10.2. The van der Waals surface area contributed by atoms with Crippen LogP contribution in [0.15, 0.2) is 53.4 Å². The zero-order chi connectivity index (χ0) is 23.0. The smallest absolute Gasteiger partial charge is 0.319 e. The van der Waals surface area contributed by atoms with Crippen molar-refractivity contribution in [1.82, 2.24) is 10.2 Å². The van der Waals surface area contributed by atoms with Gasteiger partial charge in [0.2, 0.25) is 5.91 Å². The van der Waals surface area contributed by atoms with Crippen LogP contribution >= 0.6 is 11.8 Å². The Morgan fingerprint density at radius 1 is 1.25 bits per heavy atom. The molecule has 2 atom stereocenters. The second-order valence-electron chi connectivity index (χ2n) is 7.98. The van der Waals surface area contributed by atoms with Gasteiger partial charge in [0.25, 0.3) is 11.6 Å². The summed E-state index contributed by atoms with van der Waals surface area (Å²) >= 11 is 1.69. The van der Waals surface area contributed by atoms with E-state index < -0.39 is 28.9 Å². The van der Waals surface area contributed by atoms with Crippen molar-refractivity contribution in [2.75, 3.05) is 18.0 Å². The largest absolute Gasteiger partial charge is 0.325 e. The summed E-state index contributed by atoms with van der Waals surface area (Å²) in [6, 6.07) is 12.4. The van der Waals surface area contributed by atoms with Crippen molar-refractivity contribution in [2.45, 2.75) is 36.0 Å². The van der Waals surface area contributed by atoms with Crippen LogP contribution < -0.4 is 10.2 Å². The van der Waals surface area contributed by atoms with Crippen molar-refractivity contribution in [1.29, 1.82) is 0 Å². The van der Waals surface area contributed by atoms with Crippen molar-refractivity contribution >= 4 is 41.0 Å². The molecule has 32 heavy (non-hydrogen) atoms. The summed E-state index contributed by atoms with van der Waals surface area (Å²) in [5, 5.41) is 14.0. The standard InChI is InChI=1S/C22H22N4O5S/c1-14-10-11-24(17-8-3-4-9-18(17)32-14)19(27)13-25-20(28)22(2,23-21(25)29)15-6-5-7-16(12-15)26(30)31/h3-9,12,14H,10-11,13H2,1-2H3,(H,23,29). The molecule has 1 saturated heterocycles. The van der Waals surface area contributed by atoms with E-state index in [2.05, 4.69) is 12.2 Å². The highest BCUT2D eigenvalue weighted by Crippen LogP contribution is 2.37. The number of anilines is 1. The van der Waals surface area contributed by atoms with Crippen molar-refractivity contribution < 1.29 is 19.3 Å². The molecule has 0 aliphatic carbocycles. The molecular formula is C22H22N4O5S. The zero-order valence-corrected chi connectivity index (χ0v) is 18.4. The molecule has 2 aromatic carbocycles. The lowest BCUT2D eigenvalue weighted by molar-refractivity contribution is -0.385. The van der Waals surface area contributed by atoms with Gasteiger partial charge in [-0.25, -0.2) is 4.79 Å². The van der Waals surface area contributed by atoms with Crippen LogP contribution in [0.3, 0.4) is 0 Å². The lowest BCUT2D eigenvalue weighted by Crippen LogP contribution is -2.45. The first kappa shape index (κ1) is 21.8. The lowest BCUT2D eigenvalue weighted by Gasteiger charge is -2.25. The molecule has 2 aliphatic heterocycles. The summed E-state index contributed by atoms with van der Waals surface area (Å²) in [6.45, 7) is 3.64. The fourth-order valence-electron chi connectivity index (χ4n) is 3.93. The molecule has 2 aromatic rings. The van der Waals surface area contributed by atoms with E-state index in [1.54, 1.807) is 22.7 Å². The number of fused-ring (bicyclic) bond motifs is 1. The van der Waals surface area contributed by atoms with Gasteiger partial charge in [-0.05, 0) is 31.0 Å². The Morgan fingerprint density at radius 2 is 2.00 bits per heavy atom. The predicted molar refractivity (Wildman–Crippen MR) is 119 cm³/mol. The van der Waals surface area contributed by atoms with Crippen molar-refractivity contribution in [3.63, 3.8) is 0 Å². The SMILES string of the molecule is CC1CCN(C(=O)CN2C(=O)NC(C)(c3cccc([N+](=O)[O-])c3)C2=O)c2ccccc2S1. The minimum atomic E-state index is -1.50. The minimum absolute atomic E-state index is 0.187. The topological polar surface area (TPSA) is 113 Å². The molecule has 1 fully saturated rings. The molecule has 0 aromatic heterocycles. The summed E-state index contributed by atoms with van der Waals surface area (Å²) in [6.07, 6.45) is 0.774. The van der Waals surface area contributed by atoms with Crippen molar-refractivity contribution in [3.8, 4) is 0 Å². The number of hydrogen-bond acceptors (Lipinski definition) is 6. The van der Waals surface area contributed by atoms with Crippen LogP contribution in [0, 0.1) is 10.1 Å². The number of para-hydroxylation sites is 1. The zero-order valence-electron chi connectivity index (χ0n) is 17.6. The number of carbonyl (C=O) groups is 3. The molecule has 0 radical (unpaired) electrons. The number of rotatable bonds is 4. The Bertz CT molecular complexity index is 1120. The summed E-state index contributed by atoms with van der Waals surface area (Å²) in [5.41, 5.74) is -0.636. The van der Waals surface area contributed by atoms with Crippen LogP contribution in [0.2, 0.25) is 0 Å². The summed E-state index contributed by atoms with van der Waals surface area (Å²) in [4.78, 5) is 53.1. The summed E-state index contributed by atoms with van der Waals surface area (Å²) < 4.78 is 0. The van der Waals surface area contributed by atoms with Crippen molar-refractivity contribution in [2.24, 2.45) is 0 Å². The number of non-ortho nitro benzene ring substituents is 1. The van der Waals surface area contributed by atoms with Gasteiger partial charge in [-0.2, -0.15) is 0 Å². The van der Waals surface area contributed by atoms with Gasteiger partial charge in [-0.15, -0.1) is 11.8 Å². The van der Waals surface area contributed by atoms with E-state index in [4.69, 9.17) is 0 Å². The maximum absolute atomic E-state index is 13.2. The number of hydrogen-bond donors (Lipinski definition) is 1. The number of carbonyl (C=O) groups excluding carboxylic acids is 3. The molecule has 4 rings (SSSR count). The maximum atomic E-state index is 13.2. The van der Waals surface area contributed by atoms with Gasteiger partial charge in [-0.1, -0.05) is 31.2 Å². The Hall–Kier alpha value is -3.40. The van der Waals surface area contributed by atoms with Crippen LogP contribution in [0.1, 0.15) is 25.8 Å². The molecule has 0 saturated carbocycles. The molecule has 166 valence electrons. The number of amides is 4. The maximum Gasteiger partial charge on any atom is 0.325 e. The third kappa shape index (κ3) is 3.81. The highest BCUT2D eigenvalue weighted by Gasteiger charge is 2.50. The van der Waals surface area contributed by atoms with E-state index in [0.29, 0.717) is 11.8 Å². The number of urea groups is 1. The van der Waals surface area contributed by atoms with E-state index in [1.807, 2.05) is 24.3 Å². The highest BCUT2D eigenvalue weighted by atomic mass is 32.2. The van der Waals surface area contributed by atoms with Crippen LogP contribution in [0.5, 0.6) is 0 Å². The number of nitrogens with zero attached hydrogens (tertiary/aromatic N) is 3. The Morgan fingerprint density at radius 3 is 2.75 bits per heavy atom. The van der Waals surface area contributed by atoms with Gasteiger partial charge in [0, 0.05) is 28.8 Å². The van der Waals surface area contributed by atoms with Gasteiger partial charge >= 0.3 is 6.03 Å². The number of benzene rings is 2. The van der Waals surface area contributed by atoms with Crippen LogP contribution in [-0.4, -0.2) is 46.0 Å². The number of nitrogens with one attached hydrogen (secondary N) is 1. The second kappa shape index (κ2) is 8.27. The lowest BCUT2D eigenvalue weighted by atomic mass is 9.91. The normalized spacial score (nSPS) is 22.9. The van der Waals surface area contributed by atoms with Gasteiger partial charge < -0.3 is 10.2 Å². The fraction of sp³-hybridized carbons (Fsp3) is 0.318. The number of imide groups is 1. The van der Waals surface area contributed by atoms with E-state index >= 15 is 0 Å². The molecular weight excluding hydrogens is 432 g/mol. The molecule has 0 bridgehead atoms. The van der Waals surface area contributed by atoms with E-state index in [1.165, 1.54) is 25.1 Å². The third-order valence-electron chi connectivity index (χ3n) is 5.75. The van der Waals surface area contributed by atoms with E-state index in [-0.39, 0.29) is 17.2 Å². The number of nitro benzene ring substituents is 1. The summed E-state index contributed by atoms with van der Waals surface area (Å²) in [7, 11) is 0. The van der Waals surface area contributed by atoms with Crippen LogP contribution in [-0.2, 0) is 15.1 Å². The molecule has 2 unspecified atom stereocenters. The Labute approximate surface area is 188 Å². The first-order chi connectivity index (χ1) is 15.2. The molecule has 2 heterocycles. The van der Waals surface area contributed by atoms with Gasteiger partial charge in [-0.3, -0.25) is 24.6 Å². The minimum Gasteiger partial charge on any atom is -0.319 e. The highest BCUT2D eigenvalue weighted by molar-refractivity contribution is 8.00.